The number of fused-ring (bicyclic) bond motifs is 1. The normalized spacial score (nSPS) is 18.4. The van der Waals surface area contributed by atoms with Crippen molar-refractivity contribution < 1.29 is 4.79 Å². The van der Waals surface area contributed by atoms with Crippen molar-refractivity contribution in [3.63, 3.8) is 0 Å². The molecule has 3 heterocycles. The number of amides is 1. The number of carbonyl (C=O) groups excluding carboxylic acids is 1. The molecule has 2 aromatic heterocycles. The van der Waals surface area contributed by atoms with E-state index in [9.17, 15) is 4.79 Å². The van der Waals surface area contributed by atoms with Crippen LogP contribution in [-0.2, 0) is 13.1 Å². The first kappa shape index (κ1) is 15.4. The SMILES string of the molecule is CC(C)c1nnc2n1CCN(C(=O)c1ccnn1C1CCCC1)C2. The van der Waals surface area contributed by atoms with Gasteiger partial charge in [-0.1, -0.05) is 26.7 Å². The lowest BCUT2D eigenvalue weighted by molar-refractivity contribution is 0.0690. The molecule has 1 aliphatic carbocycles. The van der Waals surface area contributed by atoms with Crippen LogP contribution in [0, 0.1) is 0 Å². The maximum atomic E-state index is 13.0. The van der Waals surface area contributed by atoms with Crippen molar-refractivity contribution in [2.45, 2.75) is 64.6 Å². The van der Waals surface area contributed by atoms with Gasteiger partial charge in [0.25, 0.3) is 5.91 Å². The van der Waals surface area contributed by atoms with Crippen LogP contribution in [0.2, 0.25) is 0 Å². The molecule has 0 aromatic carbocycles. The van der Waals surface area contributed by atoms with Crippen LogP contribution in [0.1, 0.15) is 73.6 Å². The third kappa shape index (κ3) is 2.52. The highest BCUT2D eigenvalue weighted by atomic mass is 16.2. The number of hydrogen-bond acceptors (Lipinski definition) is 4. The Morgan fingerprint density at radius 1 is 1.21 bits per heavy atom. The third-order valence-corrected chi connectivity index (χ3v) is 5.15. The number of nitrogens with zero attached hydrogens (tertiary/aromatic N) is 6. The van der Waals surface area contributed by atoms with Gasteiger partial charge in [0, 0.05) is 25.2 Å². The molecule has 7 heteroatoms. The quantitative estimate of drug-likeness (QED) is 0.867. The van der Waals surface area contributed by atoms with E-state index in [1.54, 1.807) is 6.20 Å². The van der Waals surface area contributed by atoms with E-state index in [4.69, 9.17) is 0 Å². The van der Waals surface area contributed by atoms with Crippen LogP contribution in [0.15, 0.2) is 12.3 Å². The molecule has 2 aromatic rings. The van der Waals surface area contributed by atoms with Crippen molar-refractivity contribution >= 4 is 5.91 Å². The minimum atomic E-state index is 0.0553. The van der Waals surface area contributed by atoms with Gasteiger partial charge in [0.15, 0.2) is 5.82 Å². The number of hydrogen-bond donors (Lipinski definition) is 0. The molecule has 7 nitrogen and oxygen atoms in total. The second kappa shape index (κ2) is 6.03. The minimum absolute atomic E-state index is 0.0553. The number of aromatic nitrogens is 5. The molecule has 1 fully saturated rings. The molecule has 2 aliphatic rings. The van der Waals surface area contributed by atoms with Crippen molar-refractivity contribution in [1.82, 2.24) is 29.4 Å². The van der Waals surface area contributed by atoms with Crippen LogP contribution in [0.5, 0.6) is 0 Å². The molecule has 0 saturated heterocycles. The Labute approximate surface area is 141 Å². The molecule has 0 spiro atoms. The summed E-state index contributed by atoms with van der Waals surface area (Å²) >= 11 is 0. The van der Waals surface area contributed by atoms with E-state index in [1.807, 2.05) is 15.6 Å². The van der Waals surface area contributed by atoms with Crippen molar-refractivity contribution in [2.75, 3.05) is 6.54 Å². The molecule has 24 heavy (non-hydrogen) atoms. The van der Waals surface area contributed by atoms with Gasteiger partial charge in [-0.2, -0.15) is 5.10 Å². The lowest BCUT2D eigenvalue weighted by Gasteiger charge is -2.28. The molecule has 1 amide bonds. The Balaban J connectivity index is 1.55. The summed E-state index contributed by atoms with van der Waals surface area (Å²) in [5.41, 5.74) is 0.707. The topological polar surface area (TPSA) is 68.8 Å². The molecule has 1 aliphatic heterocycles. The Kier molecular flexibility index (Phi) is 3.86. The van der Waals surface area contributed by atoms with Gasteiger partial charge >= 0.3 is 0 Å². The highest BCUT2D eigenvalue weighted by Crippen LogP contribution is 2.30. The standard InChI is InChI=1S/C17H24N6O/c1-12(2)16-20-19-15-11-21(9-10-22(15)16)17(24)14-7-8-18-23(14)13-5-3-4-6-13/h7-8,12-13H,3-6,9-11H2,1-2H3. The Morgan fingerprint density at radius 2 is 2.00 bits per heavy atom. The Hall–Kier alpha value is -2.18. The second-order valence-corrected chi connectivity index (χ2v) is 7.11. The molecular formula is C17H24N6O. The van der Waals surface area contributed by atoms with Crippen LogP contribution in [0.3, 0.4) is 0 Å². The van der Waals surface area contributed by atoms with Crippen LogP contribution < -0.4 is 0 Å². The first-order valence-corrected chi connectivity index (χ1v) is 8.90. The van der Waals surface area contributed by atoms with Crippen LogP contribution in [0.4, 0.5) is 0 Å². The molecule has 4 rings (SSSR count). The zero-order chi connectivity index (χ0) is 16.7. The van der Waals surface area contributed by atoms with Crippen LogP contribution in [-0.4, -0.2) is 41.9 Å². The monoisotopic (exact) mass is 328 g/mol. The van der Waals surface area contributed by atoms with Gasteiger partial charge in [-0.05, 0) is 18.9 Å². The van der Waals surface area contributed by atoms with Crippen LogP contribution in [0.25, 0.3) is 0 Å². The molecule has 0 atom stereocenters. The van der Waals surface area contributed by atoms with E-state index in [2.05, 4.69) is 33.7 Å². The summed E-state index contributed by atoms with van der Waals surface area (Å²) in [5.74, 6) is 2.29. The summed E-state index contributed by atoms with van der Waals surface area (Å²) in [6.07, 6.45) is 6.43. The first-order chi connectivity index (χ1) is 11.6. The van der Waals surface area contributed by atoms with E-state index in [0.29, 0.717) is 30.7 Å². The first-order valence-electron chi connectivity index (χ1n) is 8.90. The van der Waals surface area contributed by atoms with Gasteiger partial charge in [-0.25, -0.2) is 0 Å². The van der Waals surface area contributed by atoms with Crippen molar-refractivity contribution in [1.29, 1.82) is 0 Å². The highest BCUT2D eigenvalue weighted by Gasteiger charge is 2.29. The molecule has 0 bridgehead atoms. The zero-order valence-corrected chi connectivity index (χ0v) is 14.4. The lowest BCUT2D eigenvalue weighted by atomic mass is 10.2. The fraction of sp³-hybridized carbons (Fsp3) is 0.647. The van der Waals surface area contributed by atoms with E-state index in [1.165, 1.54) is 12.8 Å². The summed E-state index contributed by atoms with van der Waals surface area (Å²) in [4.78, 5) is 14.9. The fourth-order valence-corrected chi connectivity index (χ4v) is 3.87. The third-order valence-electron chi connectivity index (χ3n) is 5.15. The van der Waals surface area contributed by atoms with E-state index in [0.717, 1.165) is 31.0 Å². The lowest BCUT2D eigenvalue weighted by Crippen LogP contribution is -2.40. The number of carbonyl (C=O) groups is 1. The summed E-state index contributed by atoms with van der Waals surface area (Å²) in [7, 11) is 0. The van der Waals surface area contributed by atoms with Crippen molar-refractivity contribution in [3.8, 4) is 0 Å². The molecule has 0 N–H and O–H groups in total. The largest absolute Gasteiger partial charge is 0.328 e. The molecule has 0 unspecified atom stereocenters. The maximum Gasteiger partial charge on any atom is 0.272 e. The van der Waals surface area contributed by atoms with Gasteiger partial charge in [0.05, 0.1) is 12.6 Å². The zero-order valence-electron chi connectivity index (χ0n) is 14.4. The van der Waals surface area contributed by atoms with Gasteiger partial charge in [0.1, 0.15) is 11.5 Å². The summed E-state index contributed by atoms with van der Waals surface area (Å²) in [5, 5.41) is 13.0. The predicted molar refractivity (Wildman–Crippen MR) is 88.6 cm³/mol. The van der Waals surface area contributed by atoms with E-state index < -0.39 is 0 Å². The second-order valence-electron chi connectivity index (χ2n) is 7.11. The molecule has 128 valence electrons. The molecule has 0 radical (unpaired) electrons. The molecule has 1 saturated carbocycles. The van der Waals surface area contributed by atoms with Gasteiger partial charge in [-0.15, -0.1) is 10.2 Å². The smallest absolute Gasteiger partial charge is 0.272 e. The summed E-state index contributed by atoms with van der Waals surface area (Å²) in [6.45, 7) is 6.22. The number of rotatable bonds is 3. The minimum Gasteiger partial charge on any atom is -0.328 e. The molecular weight excluding hydrogens is 304 g/mol. The Morgan fingerprint density at radius 3 is 2.75 bits per heavy atom. The van der Waals surface area contributed by atoms with Gasteiger partial charge in [-0.3, -0.25) is 9.48 Å². The average Bonchev–Trinajstić information content (AvgIpc) is 3.31. The summed E-state index contributed by atoms with van der Waals surface area (Å²) in [6, 6.07) is 2.22. The fourth-order valence-electron chi connectivity index (χ4n) is 3.87. The van der Waals surface area contributed by atoms with E-state index >= 15 is 0 Å². The van der Waals surface area contributed by atoms with E-state index in [-0.39, 0.29) is 5.91 Å². The summed E-state index contributed by atoms with van der Waals surface area (Å²) < 4.78 is 4.09. The van der Waals surface area contributed by atoms with Gasteiger partial charge < -0.3 is 9.47 Å². The average molecular weight is 328 g/mol. The van der Waals surface area contributed by atoms with Gasteiger partial charge in [0.2, 0.25) is 0 Å². The van der Waals surface area contributed by atoms with Crippen molar-refractivity contribution in [3.05, 3.63) is 29.6 Å². The Bertz CT molecular complexity index is 740. The van der Waals surface area contributed by atoms with Crippen molar-refractivity contribution in [2.24, 2.45) is 0 Å². The maximum absolute atomic E-state index is 13.0. The predicted octanol–water partition coefficient (Wildman–Crippen LogP) is 2.37. The highest BCUT2D eigenvalue weighted by molar-refractivity contribution is 5.92. The van der Waals surface area contributed by atoms with Crippen LogP contribution >= 0.6 is 0 Å².